The quantitative estimate of drug-likeness (QED) is 0.603. The molecule has 9 heteroatoms. The molecule has 0 aliphatic rings. The Morgan fingerprint density at radius 2 is 1.85 bits per heavy atom. The predicted molar refractivity (Wildman–Crippen MR) is 102 cm³/mol. The van der Waals surface area contributed by atoms with E-state index in [-0.39, 0.29) is 10.6 Å². The Morgan fingerprint density at radius 1 is 1.11 bits per heavy atom. The number of aromatic amines is 1. The predicted octanol–water partition coefficient (Wildman–Crippen LogP) is 2.78. The van der Waals surface area contributed by atoms with Crippen molar-refractivity contribution in [3.63, 3.8) is 0 Å². The Bertz CT molecular complexity index is 1060. The molecular formula is C18H18N4O4S. The van der Waals surface area contributed by atoms with Gasteiger partial charge in [-0.25, -0.2) is 0 Å². The van der Waals surface area contributed by atoms with Crippen LogP contribution in [0.3, 0.4) is 0 Å². The Morgan fingerprint density at radius 3 is 2.56 bits per heavy atom. The van der Waals surface area contributed by atoms with E-state index in [0.717, 1.165) is 5.56 Å². The molecule has 0 bridgehead atoms. The summed E-state index contributed by atoms with van der Waals surface area (Å²) in [5.74, 6) is -0.0461. The molecule has 1 amide bonds. The van der Waals surface area contributed by atoms with Crippen LogP contribution in [0.25, 0.3) is 0 Å². The van der Waals surface area contributed by atoms with E-state index in [1.165, 1.54) is 13.3 Å². The average Bonchev–Trinajstić information content (AvgIpc) is 3.15. The fourth-order valence-corrected chi connectivity index (χ4v) is 3.52. The first kappa shape index (κ1) is 18.5. The number of aryl methyl sites for hydroxylation is 1. The van der Waals surface area contributed by atoms with Crippen LogP contribution in [0.4, 0.5) is 11.4 Å². The van der Waals surface area contributed by atoms with Gasteiger partial charge in [0, 0.05) is 17.4 Å². The Labute approximate surface area is 156 Å². The summed E-state index contributed by atoms with van der Waals surface area (Å²) < 4.78 is 32.8. The third kappa shape index (κ3) is 4.26. The van der Waals surface area contributed by atoms with Crippen LogP contribution < -0.4 is 14.8 Å². The minimum absolute atomic E-state index is 0.0996. The van der Waals surface area contributed by atoms with Gasteiger partial charge in [-0.2, -0.15) is 13.5 Å². The van der Waals surface area contributed by atoms with Gasteiger partial charge in [-0.1, -0.05) is 23.8 Å². The molecule has 3 aromatic rings. The number of carbonyl (C=O) groups is 1. The molecule has 3 rings (SSSR count). The van der Waals surface area contributed by atoms with Gasteiger partial charge in [-0.3, -0.25) is 14.6 Å². The van der Waals surface area contributed by atoms with Crippen molar-refractivity contribution in [1.29, 1.82) is 0 Å². The second-order valence-electron chi connectivity index (χ2n) is 5.77. The summed E-state index contributed by atoms with van der Waals surface area (Å²) in [4.78, 5) is 12.5. The molecule has 2 aromatic carbocycles. The van der Waals surface area contributed by atoms with Crippen molar-refractivity contribution in [1.82, 2.24) is 10.2 Å². The normalized spacial score (nSPS) is 11.0. The molecule has 0 spiro atoms. The highest BCUT2D eigenvalue weighted by molar-refractivity contribution is 7.92. The first-order valence-electron chi connectivity index (χ1n) is 7.97. The monoisotopic (exact) mass is 386 g/mol. The molecule has 0 aliphatic heterocycles. The molecule has 0 unspecified atom stereocenters. The second-order valence-corrected chi connectivity index (χ2v) is 7.39. The summed E-state index contributed by atoms with van der Waals surface area (Å²) >= 11 is 0. The van der Waals surface area contributed by atoms with E-state index in [1.54, 1.807) is 48.5 Å². The van der Waals surface area contributed by atoms with E-state index in [0.29, 0.717) is 17.1 Å². The highest BCUT2D eigenvalue weighted by atomic mass is 32.2. The van der Waals surface area contributed by atoms with Gasteiger partial charge >= 0.3 is 0 Å². The van der Waals surface area contributed by atoms with Gasteiger partial charge in [0.1, 0.15) is 5.75 Å². The molecule has 140 valence electrons. The van der Waals surface area contributed by atoms with E-state index in [1.807, 2.05) is 6.92 Å². The molecule has 1 aromatic heterocycles. The van der Waals surface area contributed by atoms with E-state index in [2.05, 4.69) is 20.2 Å². The number of nitrogens with zero attached hydrogens (tertiary/aromatic N) is 1. The van der Waals surface area contributed by atoms with Gasteiger partial charge in [0.15, 0.2) is 5.03 Å². The number of methoxy groups -OCH3 is 1. The number of aromatic nitrogens is 2. The zero-order valence-electron chi connectivity index (χ0n) is 14.7. The van der Waals surface area contributed by atoms with Gasteiger partial charge in [0.25, 0.3) is 15.9 Å². The van der Waals surface area contributed by atoms with Crippen molar-refractivity contribution < 1.29 is 17.9 Å². The lowest BCUT2D eigenvalue weighted by Crippen LogP contribution is -2.19. The molecule has 0 saturated carbocycles. The van der Waals surface area contributed by atoms with Crippen LogP contribution in [0.1, 0.15) is 15.9 Å². The highest BCUT2D eigenvalue weighted by Crippen LogP contribution is 2.21. The molecule has 8 nitrogen and oxygen atoms in total. The third-order valence-corrected chi connectivity index (χ3v) is 5.10. The Balaban J connectivity index is 1.83. The maximum Gasteiger partial charge on any atom is 0.279 e. The number of sulfonamides is 1. The van der Waals surface area contributed by atoms with Gasteiger partial charge in [-0.05, 0) is 31.2 Å². The Kier molecular flexibility index (Phi) is 5.13. The van der Waals surface area contributed by atoms with Gasteiger partial charge in [0.05, 0.1) is 18.9 Å². The smallest absolute Gasteiger partial charge is 0.279 e. The maximum atomic E-state index is 12.6. The lowest BCUT2D eigenvalue weighted by Gasteiger charge is -2.09. The van der Waals surface area contributed by atoms with Crippen LogP contribution in [-0.2, 0) is 10.0 Å². The van der Waals surface area contributed by atoms with Crippen molar-refractivity contribution in [2.24, 2.45) is 0 Å². The molecule has 0 fully saturated rings. The van der Waals surface area contributed by atoms with E-state index < -0.39 is 15.9 Å². The van der Waals surface area contributed by atoms with Crippen LogP contribution in [0.2, 0.25) is 0 Å². The van der Waals surface area contributed by atoms with Crippen LogP contribution in [-0.4, -0.2) is 31.6 Å². The number of ether oxygens (including phenoxy) is 1. The SMILES string of the molecule is COc1cccc(NC(=O)c2cn[nH]c2S(=O)(=O)Nc2ccc(C)cc2)c1. The lowest BCUT2D eigenvalue weighted by atomic mass is 10.2. The fourth-order valence-electron chi connectivity index (χ4n) is 2.37. The molecule has 3 N–H and O–H groups in total. The van der Waals surface area contributed by atoms with E-state index in [9.17, 15) is 13.2 Å². The van der Waals surface area contributed by atoms with Crippen LogP contribution >= 0.6 is 0 Å². The first-order chi connectivity index (χ1) is 12.9. The highest BCUT2D eigenvalue weighted by Gasteiger charge is 2.25. The average molecular weight is 386 g/mol. The number of nitrogens with one attached hydrogen (secondary N) is 3. The van der Waals surface area contributed by atoms with Crippen LogP contribution in [0.5, 0.6) is 5.75 Å². The van der Waals surface area contributed by atoms with E-state index in [4.69, 9.17) is 4.74 Å². The number of anilines is 2. The van der Waals surface area contributed by atoms with Crippen molar-refractivity contribution in [3.8, 4) is 5.75 Å². The summed E-state index contributed by atoms with van der Waals surface area (Å²) in [5, 5.41) is 8.41. The third-order valence-electron chi connectivity index (χ3n) is 3.75. The minimum Gasteiger partial charge on any atom is -0.497 e. The van der Waals surface area contributed by atoms with Crippen LogP contribution in [0, 0.1) is 6.92 Å². The van der Waals surface area contributed by atoms with Crippen molar-refractivity contribution in [2.45, 2.75) is 11.9 Å². The lowest BCUT2D eigenvalue weighted by molar-refractivity contribution is 0.102. The summed E-state index contributed by atoms with van der Waals surface area (Å²) in [6, 6.07) is 13.6. The summed E-state index contributed by atoms with van der Waals surface area (Å²) in [6.45, 7) is 1.90. The fraction of sp³-hybridized carbons (Fsp3) is 0.111. The topological polar surface area (TPSA) is 113 Å². The first-order valence-corrected chi connectivity index (χ1v) is 9.45. The Hall–Kier alpha value is -3.33. The number of H-pyrrole nitrogens is 1. The van der Waals surface area contributed by atoms with Crippen molar-refractivity contribution >= 4 is 27.3 Å². The number of hydrogen-bond donors (Lipinski definition) is 3. The van der Waals surface area contributed by atoms with Crippen molar-refractivity contribution in [2.75, 3.05) is 17.1 Å². The molecule has 0 saturated heterocycles. The summed E-state index contributed by atoms with van der Waals surface area (Å²) in [7, 11) is -2.50. The standard InChI is InChI=1S/C18H18N4O4S/c1-12-6-8-13(9-7-12)22-27(24,25)18-16(11-19-21-18)17(23)20-14-4-3-5-15(10-14)26-2/h3-11,22H,1-2H3,(H,19,21)(H,20,23). The molecule has 0 aliphatic carbocycles. The van der Waals surface area contributed by atoms with Gasteiger partial charge in [0.2, 0.25) is 0 Å². The minimum atomic E-state index is -4.02. The number of benzene rings is 2. The van der Waals surface area contributed by atoms with Gasteiger partial charge < -0.3 is 10.1 Å². The number of carbonyl (C=O) groups excluding carboxylic acids is 1. The largest absolute Gasteiger partial charge is 0.497 e. The van der Waals surface area contributed by atoms with Crippen molar-refractivity contribution in [3.05, 3.63) is 65.9 Å². The molecule has 0 radical (unpaired) electrons. The van der Waals surface area contributed by atoms with Crippen LogP contribution in [0.15, 0.2) is 59.8 Å². The second kappa shape index (κ2) is 7.50. The summed E-state index contributed by atoms with van der Waals surface area (Å²) in [6.07, 6.45) is 1.17. The summed E-state index contributed by atoms with van der Waals surface area (Å²) in [5.41, 5.74) is 1.75. The molecule has 27 heavy (non-hydrogen) atoms. The molecule has 0 atom stereocenters. The maximum absolute atomic E-state index is 12.6. The zero-order valence-corrected chi connectivity index (χ0v) is 15.5. The number of hydrogen-bond acceptors (Lipinski definition) is 5. The molecular weight excluding hydrogens is 368 g/mol. The van der Waals surface area contributed by atoms with E-state index >= 15 is 0 Å². The number of amides is 1. The van der Waals surface area contributed by atoms with Gasteiger partial charge in [-0.15, -0.1) is 0 Å². The molecule has 1 heterocycles. The number of rotatable bonds is 6. The zero-order chi connectivity index (χ0) is 19.4.